The minimum atomic E-state index is -0.248. The van der Waals surface area contributed by atoms with Crippen LogP contribution in [0.4, 0.5) is 0 Å². The van der Waals surface area contributed by atoms with Gasteiger partial charge in [-0.15, -0.1) is 0 Å². The molecule has 46 heavy (non-hydrogen) atoms. The molecule has 10 heteroatoms. The van der Waals surface area contributed by atoms with E-state index in [0.717, 1.165) is 97.2 Å². The second-order valence-corrected chi connectivity index (χ2v) is 14.6. The molecule has 242 valence electrons. The molecule has 6 atom stereocenters. The molecule has 4 aromatic rings. The number of nitrogens with zero attached hydrogens (tertiary/aromatic N) is 5. The lowest BCUT2D eigenvalue weighted by Gasteiger charge is -2.37. The van der Waals surface area contributed by atoms with Gasteiger partial charge in [0.05, 0.1) is 30.1 Å². The Kier molecular flexibility index (Phi) is 6.94. The number of amides is 2. The van der Waals surface area contributed by atoms with Crippen LogP contribution in [0.3, 0.4) is 0 Å². The number of nitrogens with one attached hydrogen (secondary N) is 1. The molecule has 4 aliphatic rings. The minimum absolute atomic E-state index is 0.0000670. The van der Waals surface area contributed by atoms with Crippen LogP contribution in [0.5, 0.6) is 5.75 Å². The molecule has 0 radical (unpaired) electrons. The highest BCUT2D eigenvalue weighted by atomic mass is 16.5. The van der Waals surface area contributed by atoms with Crippen molar-refractivity contribution in [2.24, 2.45) is 30.0 Å². The lowest BCUT2D eigenvalue weighted by Crippen LogP contribution is -2.51. The van der Waals surface area contributed by atoms with Gasteiger partial charge in [0.2, 0.25) is 5.91 Å². The van der Waals surface area contributed by atoms with Gasteiger partial charge in [-0.3, -0.25) is 9.59 Å². The highest BCUT2D eigenvalue weighted by Crippen LogP contribution is 2.55. The Labute approximate surface area is 269 Å². The number of benzene rings is 1. The van der Waals surface area contributed by atoms with Gasteiger partial charge in [-0.05, 0) is 87.6 Å². The molecule has 1 aromatic carbocycles. The Morgan fingerprint density at radius 2 is 1.96 bits per heavy atom. The number of methoxy groups -OCH3 is 1. The molecular weight excluding hydrogens is 578 g/mol. The average Bonchev–Trinajstić information content (AvgIpc) is 3.33. The maximum Gasteiger partial charge on any atom is 0.254 e. The molecule has 2 aliphatic carbocycles. The maximum absolute atomic E-state index is 13.9. The van der Waals surface area contributed by atoms with Crippen LogP contribution in [0.2, 0.25) is 0 Å². The normalized spacial score (nSPS) is 29.5. The second kappa shape index (κ2) is 10.8. The summed E-state index contributed by atoms with van der Waals surface area (Å²) < 4.78 is 10.2. The smallest absolute Gasteiger partial charge is 0.254 e. The van der Waals surface area contributed by atoms with Gasteiger partial charge in [0, 0.05) is 48.6 Å². The number of fused-ring (bicyclic) bond motifs is 5. The number of aromatic nitrogens is 4. The molecule has 3 N–H and O–H groups in total. The van der Waals surface area contributed by atoms with E-state index in [4.69, 9.17) is 20.4 Å². The van der Waals surface area contributed by atoms with Crippen LogP contribution >= 0.6 is 0 Å². The van der Waals surface area contributed by atoms with Crippen molar-refractivity contribution in [3.8, 4) is 17.3 Å². The first-order chi connectivity index (χ1) is 22.2. The van der Waals surface area contributed by atoms with Gasteiger partial charge in [0.1, 0.15) is 16.9 Å². The summed E-state index contributed by atoms with van der Waals surface area (Å²) >= 11 is 0. The van der Waals surface area contributed by atoms with Crippen molar-refractivity contribution in [3.05, 3.63) is 41.6 Å². The summed E-state index contributed by atoms with van der Waals surface area (Å²) in [5.74, 6) is 2.55. The van der Waals surface area contributed by atoms with Gasteiger partial charge in [-0.25, -0.2) is 9.97 Å². The topological polar surface area (TPSA) is 120 Å². The highest BCUT2D eigenvalue weighted by Gasteiger charge is 2.55. The van der Waals surface area contributed by atoms with E-state index in [1.165, 1.54) is 0 Å². The number of likely N-dealkylation sites (tertiary alicyclic amines) is 1. The number of imidazole rings is 1. The van der Waals surface area contributed by atoms with E-state index < -0.39 is 0 Å². The fourth-order valence-corrected chi connectivity index (χ4v) is 8.64. The Morgan fingerprint density at radius 1 is 1.11 bits per heavy atom. The summed E-state index contributed by atoms with van der Waals surface area (Å²) in [6.07, 6.45) is 8.38. The number of carbonyl (C=O) groups excluding carboxylic acids is 2. The molecule has 3 fully saturated rings. The van der Waals surface area contributed by atoms with Crippen LogP contribution in [0.15, 0.2) is 30.3 Å². The van der Waals surface area contributed by atoms with E-state index in [1.807, 2.05) is 37.1 Å². The summed E-state index contributed by atoms with van der Waals surface area (Å²) in [4.78, 5) is 39.3. The van der Waals surface area contributed by atoms with Crippen molar-refractivity contribution in [1.82, 2.24) is 29.3 Å². The third-order valence-corrected chi connectivity index (χ3v) is 11.7. The quantitative estimate of drug-likeness (QED) is 0.319. The molecule has 0 spiro atoms. The van der Waals surface area contributed by atoms with Crippen molar-refractivity contribution in [3.63, 3.8) is 0 Å². The van der Waals surface area contributed by atoms with Gasteiger partial charge in [0.15, 0.2) is 5.82 Å². The Morgan fingerprint density at radius 3 is 2.78 bits per heavy atom. The molecular formula is C36H45N7O3. The largest absolute Gasteiger partial charge is 0.494 e. The fraction of sp³-hybridized carbons (Fsp3) is 0.556. The fourth-order valence-electron chi connectivity index (χ4n) is 8.64. The van der Waals surface area contributed by atoms with E-state index in [1.54, 1.807) is 7.11 Å². The van der Waals surface area contributed by atoms with E-state index in [9.17, 15) is 9.59 Å². The summed E-state index contributed by atoms with van der Waals surface area (Å²) in [7, 11) is 3.66. The monoisotopic (exact) mass is 623 g/mol. The number of aryl methyl sites for hydroxylation is 2. The van der Waals surface area contributed by atoms with Crippen LogP contribution < -0.4 is 15.8 Å². The summed E-state index contributed by atoms with van der Waals surface area (Å²) in [6.45, 7) is 5.54. The first kappa shape index (κ1) is 29.5. The van der Waals surface area contributed by atoms with Gasteiger partial charge >= 0.3 is 0 Å². The number of rotatable bonds is 3. The van der Waals surface area contributed by atoms with Crippen LogP contribution in [0, 0.1) is 17.3 Å². The number of hydrogen-bond donors (Lipinski definition) is 2. The minimum Gasteiger partial charge on any atom is -0.494 e. The Bertz CT molecular complexity index is 1880. The summed E-state index contributed by atoms with van der Waals surface area (Å²) in [5.41, 5.74) is 11.1. The highest BCUT2D eigenvalue weighted by molar-refractivity contribution is 6.00. The third-order valence-electron chi connectivity index (χ3n) is 11.7. The SMILES string of the molecule is COc1cc(C(=O)N2C[C@H](N)[C@@H]3CC[C@H]2C3)cc2nc(-c3cc4ccc5nc4n3CCCCC[C@@H]3C[C@@]3(C)C(=O)N[C@@H]5C)n(C)c12. The van der Waals surface area contributed by atoms with E-state index in [-0.39, 0.29) is 35.4 Å². The zero-order valence-electron chi connectivity index (χ0n) is 27.4. The molecule has 2 amide bonds. The lowest BCUT2D eigenvalue weighted by atomic mass is 9.94. The maximum atomic E-state index is 13.9. The van der Waals surface area contributed by atoms with E-state index in [0.29, 0.717) is 29.7 Å². The molecule has 0 unspecified atom stereocenters. The van der Waals surface area contributed by atoms with Crippen LogP contribution in [0.1, 0.15) is 87.3 Å². The predicted molar refractivity (Wildman–Crippen MR) is 177 cm³/mol. The summed E-state index contributed by atoms with van der Waals surface area (Å²) in [6, 6.07) is 10.1. The van der Waals surface area contributed by atoms with Crippen molar-refractivity contribution in [2.75, 3.05) is 13.7 Å². The summed E-state index contributed by atoms with van der Waals surface area (Å²) in [5, 5.41) is 4.29. The third kappa shape index (κ3) is 4.62. The van der Waals surface area contributed by atoms with Crippen molar-refractivity contribution in [2.45, 2.75) is 89.9 Å². The molecule has 2 saturated carbocycles. The van der Waals surface area contributed by atoms with Gasteiger partial charge in [-0.2, -0.15) is 0 Å². The zero-order valence-corrected chi connectivity index (χ0v) is 27.4. The van der Waals surface area contributed by atoms with Crippen molar-refractivity contribution >= 4 is 33.9 Å². The lowest BCUT2D eigenvalue weighted by molar-refractivity contribution is -0.127. The second-order valence-electron chi connectivity index (χ2n) is 14.6. The molecule has 1 saturated heterocycles. The molecule has 8 rings (SSSR count). The van der Waals surface area contributed by atoms with Gasteiger partial charge in [-0.1, -0.05) is 19.8 Å². The standard InChI is InChI=1S/C36H45N7O3/c1-20-27-12-10-22-16-29(42(32(22)39-27)13-7-5-6-8-24-18-36(24,2)35(45)38-20)33-40-28-15-23(17-30(46-4)31(28)41(33)3)34(44)43-19-26(37)21-9-11-25(43)14-21/h10,12,15-17,20-21,24-26H,5-9,11,13-14,18-19,37H2,1-4H3,(H,38,45)/t20-,21-,24-,25+,26+,36-/m1/s1. The number of piperidine rings is 1. The van der Waals surface area contributed by atoms with Crippen molar-refractivity contribution < 1.29 is 14.3 Å². The molecule has 10 nitrogen and oxygen atoms in total. The average molecular weight is 624 g/mol. The van der Waals surface area contributed by atoms with Gasteiger partial charge < -0.3 is 29.8 Å². The van der Waals surface area contributed by atoms with Crippen LogP contribution in [-0.4, -0.2) is 61.6 Å². The first-order valence-corrected chi connectivity index (χ1v) is 17.1. The number of pyridine rings is 1. The van der Waals surface area contributed by atoms with Gasteiger partial charge in [0.25, 0.3) is 5.91 Å². The number of hydrogen-bond acceptors (Lipinski definition) is 6. The first-order valence-electron chi connectivity index (χ1n) is 17.1. The van der Waals surface area contributed by atoms with Crippen molar-refractivity contribution in [1.29, 1.82) is 0 Å². The number of ether oxygens (including phenoxy) is 1. The van der Waals surface area contributed by atoms with E-state index >= 15 is 0 Å². The molecule has 3 aromatic heterocycles. The van der Waals surface area contributed by atoms with Crippen LogP contribution in [-0.2, 0) is 18.4 Å². The Hall–Kier alpha value is -3.92. The molecule has 5 heterocycles. The number of carbonyl (C=O) groups is 2. The zero-order chi connectivity index (χ0) is 31.9. The Balaban J connectivity index is 1.19. The number of nitrogens with two attached hydrogens (primary N) is 1. The molecule has 4 bridgehead atoms. The van der Waals surface area contributed by atoms with E-state index in [2.05, 4.69) is 33.5 Å². The predicted octanol–water partition coefficient (Wildman–Crippen LogP) is 5.33. The van der Waals surface area contributed by atoms with Crippen LogP contribution in [0.25, 0.3) is 33.6 Å². The molecule has 2 aliphatic heterocycles.